The van der Waals surface area contributed by atoms with E-state index in [9.17, 15) is 4.79 Å². The van der Waals surface area contributed by atoms with Crippen LogP contribution in [0.5, 0.6) is 11.5 Å². The molecule has 132 valence electrons. The highest BCUT2D eigenvalue weighted by atomic mass is 32.2. The third-order valence-corrected chi connectivity index (χ3v) is 5.69. The van der Waals surface area contributed by atoms with Crippen molar-refractivity contribution in [2.45, 2.75) is 4.34 Å². The van der Waals surface area contributed by atoms with Gasteiger partial charge in [-0.15, -0.1) is 0 Å². The van der Waals surface area contributed by atoms with Crippen LogP contribution in [0.2, 0.25) is 0 Å². The maximum atomic E-state index is 12.2. The molecule has 0 bridgehead atoms. The van der Waals surface area contributed by atoms with Gasteiger partial charge in [-0.1, -0.05) is 53.4 Å². The second-order valence-electron chi connectivity index (χ2n) is 5.46. The number of aromatic nitrogens is 1. The Labute approximate surface area is 158 Å². The van der Waals surface area contributed by atoms with Crippen molar-refractivity contribution >= 4 is 39.7 Å². The lowest BCUT2D eigenvalue weighted by Crippen LogP contribution is -2.13. The van der Waals surface area contributed by atoms with E-state index in [0.29, 0.717) is 22.2 Å². The summed E-state index contributed by atoms with van der Waals surface area (Å²) in [5, 5.41) is 3.49. The second-order valence-corrected chi connectivity index (χ2v) is 7.72. The maximum absolute atomic E-state index is 12.2. The van der Waals surface area contributed by atoms with Gasteiger partial charge in [0.05, 0.1) is 5.75 Å². The first kappa shape index (κ1) is 16.7. The van der Waals surface area contributed by atoms with E-state index in [-0.39, 0.29) is 18.5 Å². The molecule has 4 rings (SSSR count). The molecule has 0 radical (unpaired) electrons. The molecule has 0 unspecified atom stereocenters. The summed E-state index contributed by atoms with van der Waals surface area (Å²) in [6, 6.07) is 15.1. The first-order chi connectivity index (χ1) is 12.7. The smallest absolute Gasteiger partial charge is 0.234 e. The molecule has 26 heavy (non-hydrogen) atoms. The molecule has 1 aliphatic rings. The minimum absolute atomic E-state index is 0.121. The van der Waals surface area contributed by atoms with E-state index in [1.54, 1.807) is 18.2 Å². The van der Waals surface area contributed by atoms with Crippen molar-refractivity contribution in [3.63, 3.8) is 0 Å². The van der Waals surface area contributed by atoms with E-state index in [1.165, 1.54) is 23.1 Å². The molecule has 3 N–H and O–H groups in total. The van der Waals surface area contributed by atoms with Crippen LogP contribution in [0, 0.1) is 0 Å². The molecule has 8 heteroatoms. The lowest BCUT2D eigenvalue weighted by molar-refractivity contribution is -0.113. The molecule has 1 aromatic heterocycles. The van der Waals surface area contributed by atoms with E-state index in [2.05, 4.69) is 10.3 Å². The summed E-state index contributed by atoms with van der Waals surface area (Å²) in [4.78, 5) is 16.7. The average Bonchev–Trinajstić information content (AvgIpc) is 3.26. The molecular formula is C18H15N3O3S2. The normalized spacial score (nSPS) is 12.2. The van der Waals surface area contributed by atoms with Crippen LogP contribution in [0.4, 0.5) is 10.7 Å². The van der Waals surface area contributed by atoms with Gasteiger partial charge in [-0.2, -0.15) is 0 Å². The molecule has 1 amide bonds. The summed E-state index contributed by atoms with van der Waals surface area (Å²) >= 11 is 2.75. The van der Waals surface area contributed by atoms with Gasteiger partial charge in [0, 0.05) is 17.3 Å². The fourth-order valence-electron chi connectivity index (χ4n) is 2.47. The number of fused-ring (bicyclic) bond motifs is 1. The molecule has 3 aromatic rings. The number of carbonyl (C=O) groups is 1. The molecule has 0 atom stereocenters. The average molecular weight is 385 g/mol. The molecule has 0 fully saturated rings. The van der Waals surface area contributed by atoms with Crippen molar-refractivity contribution in [2.75, 3.05) is 23.6 Å². The van der Waals surface area contributed by atoms with Crippen LogP contribution in [-0.2, 0) is 4.79 Å². The number of carbonyl (C=O) groups excluding carboxylic acids is 1. The zero-order chi connectivity index (χ0) is 17.9. The van der Waals surface area contributed by atoms with Gasteiger partial charge in [-0.25, -0.2) is 4.98 Å². The number of nitrogens with one attached hydrogen (secondary N) is 1. The first-order valence-corrected chi connectivity index (χ1v) is 9.63. The van der Waals surface area contributed by atoms with Gasteiger partial charge >= 0.3 is 0 Å². The van der Waals surface area contributed by atoms with Crippen molar-refractivity contribution in [2.24, 2.45) is 0 Å². The quantitative estimate of drug-likeness (QED) is 0.649. The lowest BCUT2D eigenvalue weighted by Gasteiger charge is -2.05. The Morgan fingerprint density at radius 3 is 2.85 bits per heavy atom. The number of thiazole rings is 1. The third kappa shape index (κ3) is 3.61. The number of amides is 1. The summed E-state index contributed by atoms with van der Waals surface area (Å²) in [6.45, 7) is 0.206. The number of nitrogens with zero attached hydrogens (tertiary/aromatic N) is 1. The van der Waals surface area contributed by atoms with E-state index in [4.69, 9.17) is 15.2 Å². The molecule has 2 aromatic carbocycles. The number of nitrogens with two attached hydrogens (primary N) is 1. The lowest BCUT2D eigenvalue weighted by atomic mass is 10.2. The van der Waals surface area contributed by atoms with Gasteiger partial charge in [-0.05, 0) is 12.1 Å². The summed E-state index contributed by atoms with van der Waals surface area (Å²) in [5.41, 5.74) is 8.47. The molecule has 6 nitrogen and oxygen atoms in total. The topological polar surface area (TPSA) is 86.5 Å². The molecule has 2 heterocycles. The van der Waals surface area contributed by atoms with Gasteiger partial charge in [0.1, 0.15) is 10.7 Å². The molecule has 0 aliphatic carbocycles. The van der Waals surface area contributed by atoms with Crippen LogP contribution < -0.4 is 20.5 Å². The zero-order valence-corrected chi connectivity index (χ0v) is 15.2. The van der Waals surface area contributed by atoms with Crippen LogP contribution in [0.1, 0.15) is 0 Å². The van der Waals surface area contributed by atoms with Gasteiger partial charge < -0.3 is 20.5 Å². The fraction of sp³-hybridized carbons (Fsp3) is 0.111. The number of hydrogen-bond donors (Lipinski definition) is 2. The van der Waals surface area contributed by atoms with Crippen LogP contribution >= 0.6 is 23.1 Å². The van der Waals surface area contributed by atoms with Gasteiger partial charge in [-0.3, -0.25) is 4.79 Å². The Bertz CT molecular complexity index is 944. The third-order valence-electron chi connectivity index (χ3n) is 3.66. The highest BCUT2D eigenvalue weighted by molar-refractivity contribution is 8.01. The Morgan fingerprint density at radius 1 is 1.19 bits per heavy atom. The van der Waals surface area contributed by atoms with E-state index >= 15 is 0 Å². The number of hydrogen-bond acceptors (Lipinski definition) is 7. The predicted octanol–water partition coefficient (Wildman–Crippen LogP) is 3.85. The summed E-state index contributed by atoms with van der Waals surface area (Å²) in [7, 11) is 0. The first-order valence-electron chi connectivity index (χ1n) is 7.83. The van der Waals surface area contributed by atoms with E-state index < -0.39 is 0 Å². The fourth-order valence-corrected chi connectivity index (χ4v) is 4.22. The zero-order valence-electron chi connectivity index (χ0n) is 13.6. The predicted molar refractivity (Wildman–Crippen MR) is 104 cm³/mol. The summed E-state index contributed by atoms with van der Waals surface area (Å²) < 4.78 is 11.3. The minimum Gasteiger partial charge on any atom is -0.454 e. The Morgan fingerprint density at radius 2 is 2.00 bits per heavy atom. The largest absolute Gasteiger partial charge is 0.454 e. The van der Waals surface area contributed by atoms with Crippen LogP contribution in [0.25, 0.3) is 11.3 Å². The number of thioether (sulfide) groups is 1. The Kier molecular flexibility index (Phi) is 4.68. The van der Waals surface area contributed by atoms with Gasteiger partial charge in [0.2, 0.25) is 12.7 Å². The highest BCUT2D eigenvalue weighted by Gasteiger charge is 2.15. The summed E-state index contributed by atoms with van der Waals surface area (Å²) in [5.74, 6) is 1.44. The molecule has 0 saturated heterocycles. The number of ether oxygens (including phenoxy) is 2. The van der Waals surface area contributed by atoms with Crippen molar-refractivity contribution in [3.8, 4) is 22.8 Å². The van der Waals surface area contributed by atoms with Crippen molar-refractivity contribution < 1.29 is 14.3 Å². The maximum Gasteiger partial charge on any atom is 0.234 e. The number of nitrogen functional groups attached to an aromatic ring is 1. The number of anilines is 2. The molecule has 1 aliphatic heterocycles. The highest BCUT2D eigenvalue weighted by Crippen LogP contribution is 2.36. The van der Waals surface area contributed by atoms with Crippen molar-refractivity contribution in [1.29, 1.82) is 0 Å². The van der Waals surface area contributed by atoms with Crippen LogP contribution in [-0.4, -0.2) is 23.4 Å². The van der Waals surface area contributed by atoms with E-state index in [1.807, 2.05) is 30.3 Å². The second kappa shape index (κ2) is 7.27. The number of benzene rings is 2. The molecule has 0 spiro atoms. The number of rotatable bonds is 5. The van der Waals surface area contributed by atoms with E-state index in [0.717, 1.165) is 15.6 Å². The standard InChI is InChI=1S/C18H15N3O3S2/c19-17-16(11-4-2-1-3-5-11)21-18(26-17)25-9-15(22)20-12-6-7-13-14(8-12)24-10-23-13/h1-8H,9-10,19H2,(H,20,22). The Balaban J connectivity index is 1.37. The Hall–Kier alpha value is -2.71. The molecular weight excluding hydrogens is 370 g/mol. The van der Waals surface area contributed by atoms with Crippen LogP contribution in [0.3, 0.4) is 0 Å². The minimum atomic E-state index is -0.121. The van der Waals surface area contributed by atoms with Crippen molar-refractivity contribution in [3.05, 3.63) is 48.5 Å². The SMILES string of the molecule is Nc1sc(SCC(=O)Nc2ccc3c(c2)OCO3)nc1-c1ccccc1. The van der Waals surface area contributed by atoms with Crippen molar-refractivity contribution in [1.82, 2.24) is 4.98 Å². The monoisotopic (exact) mass is 385 g/mol. The van der Waals surface area contributed by atoms with Gasteiger partial charge in [0.25, 0.3) is 0 Å². The molecule has 0 saturated carbocycles. The van der Waals surface area contributed by atoms with Gasteiger partial charge in [0.15, 0.2) is 15.8 Å². The summed E-state index contributed by atoms with van der Waals surface area (Å²) in [6.07, 6.45) is 0. The van der Waals surface area contributed by atoms with Crippen LogP contribution in [0.15, 0.2) is 52.9 Å².